The highest BCUT2D eigenvalue weighted by Gasteiger charge is 2.29. The van der Waals surface area contributed by atoms with Crippen LogP contribution in [0.5, 0.6) is 0 Å². The molecule has 0 amide bonds. The van der Waals surface area contributed by atoms with Crippen LogP contribution in [0, 0.1) is 65.7 Å². The minimum Gasteiger partial charge on any atom is -0.437 e. The number of nitrogens with zero attached hydrogens (tertiary/aromatic N) is 10. The van der Waals surface area contributed by atoms with Gasteiger partial charge in [-0.05, 0) is 214 Å². The second-order valence-corrected chi connectivity index (χ2v) is 33.9. The first kappa shape index (κ1) is 72.3. The standard InChI is InChI=1S/2C23H25N2O.C22H23N2O.C21H21N2O.C20H19N2O/c1-14(2)12-17-10-11-25(5)20(13-17)21-15(3)6-8-18-19-9-7-16(4)24-23(19)26-22(18)21;1-15-8-9-17-18-7-6-11-24-22(18)26-21(17)20(15)19-13-16(10-12-25(19)5)14-23(2,3)4;1-14(2)12-16-9-11-24(4)19(13-16)20-15(3)7-8-17-18-6-5-10-23-22(18)25-21(17)20;1-5-15-10-11-23(4)18(12-15)19-13(2)6-8-16-17-9-7-14(3)22-21(17)24-20(16)19;1-4-14-9-11-22(3)17(12-14)18-13(2)7-8-15-16-6-5-10-21-20(16)23-19(15)18/h6-11,13-14H,12H2,1-5H3;6-13H,14H2,1-5H3;5-11,13-14H,12H2,1-4H3;6-12H,5H2,1-4H3;5-12H,4H2,1-3H3/q5*+1/i12D2;14D2;12D2;5D2;4D2. The molecule has 0 unspecified atom stereocenters. The van der Waals surface area contributed by atoms with E-state index in [1.165, 1.54) is 0 Å². The summed E-state index contributed by atoms with van der Waals surface area (Å²) in [5, 5.41) is 10.1. The summed E-state index contributed by atoms with van der Waals surface area (Å²) in [6, 6.07) is 59.5. The summed E-state index contributed by atoms with van der Waals surface area (Å²) >= 11 is 0. The summed E-state index contributed by atoms with van der Waals surface area (Å²) < 4.78 is 124. The molecule has 5 aromatic carbocycles. The highest BCUT2D eigenvalue weighted by Crippen LogP contribution is 2.43. The van der Waals surface area contributed by atoms with Crippen molar-refractivity contribution in [1.82, 2.24) is 24.9 Å². The lowest BCUT2D eigenvalue weighted by Crippen LogP contribution is -2.31. The number of pyridine rings is 10. The molecule has 0 atom stereocenters. The van der Waals surface area contributed by atoms with Crippen molar-refractivity contribution >= 4 is 110 Å². The molecule has 0 aliphatic heterocycles. The number of rotatable bonds is 12. The second-order valence-electron chi connectivity index (χ2n) is 33.9. The van der Waals surface area contributed by atoms with Crippen LogP contribution in [0.15, 0.2) is 254 Å². The topological polar surface area (TPSA) is 150 Å². The Hall–Kier alpha value is -13.4. The van der Waals surface area contributed by atoms with E-state index >= 15 is 0 Å². The van der Waals surface area contributed by atoms with Crippen LogP contribution >= 0.6 is 0 Å². The Morgan fingerprint density at radius 3 is 0.823 bits per heavy atom. The van der Waals surface area contributed by atoms with Gasteiger partial charge in [0.2, 0.25) is 57.0 Å². The first-order chi connectivity index (χ1) is 63.2. The van der Waals surface area contributed by atoms with Crippen molar-refractivity contribution < 1.29 is 58.6 Å². The number of hydrogen-bond acceptors (Lipinski definition) is 10. The van der Waals surface area contributed by atoms with E-state index in [0.29, 0.717) is 56.4 Å². The van der Waals surface area contributed by atoms with Gasteiger partial charge in [-0.15, -0.1) is 0 Å². The Morgan fingerprint density at radius 2 is 0.548 bits per heavy atom. The SMILES string of the molecule is [2H]C([2H])(C)c1cc[n+](C)c(-c2c(C)ccc3c2oc2nc(C)ccc23)c1.[2H]C([2H])(C)c1cc[n+](C)c(-c2c(C)ccc3c2oc2ncccc23)c1.[2H]C([2H])(c1cc[n+](C)c(-c2c(C)ccc3c2oc2nc(C)ccc23)c1)C(C)C.[2H]C([2H])(c1cc[n+](C)c(-c2c(C)ccc3c2oc2ncccc23)c1)C(C)(C)C.[2H]C([2H])(c1cc[n+](C)c(-c2c(C)ccc3c2oc2ncccc23)c1)C(C)C. The highest BCUT2D eigenvalue weighted by molar-refractivity contribution is 6.13. The van der Waals surface area contributed by atoms with Crippen molar-refractivity contribution in [1.29, 1.82) is 0 Å². The van der Waals surface area contributed by atoms with Crippen LogP contribution in [0.25, 0.3) is 167 Å². The molecule has 0 saturated carbocycles. The third-order valence-corrected chi connectivity index (χ3v) is 22.6. The zero-order valence-corrected chi connectivity index (χ0v) is 74.6. The number of aryl methyl sites for hydroxylation is 14. The lowest BCUT2D eigenvalue weighted by Gasteiger charge is -2.18. The monoisotopic (exact) mass is 1650 g/mol. The Kier molecular flexibility index (Phi) is 20.3. The van der Waals surface area contributed by atoms with Crippen LogP contribution in [0.3, 0.4) is 0 Å². The molecular formula is C109H113N10O5+5. The molecule has 124 heavy (non-hydrogen) atoms. The zero-order valence-electron chi connectivity index (χ0n) is 84.6. The maximum atomic E-state index is 8.68. The summed E-state index contributed by atoms with van der Waals surface area (Å²) in [5.74, 6) is -0.242. The maximum Gasteiger partial charge on any atom is 0.227 e. The van der Waals surface area contributed by atoms with Crippen molar-refractivity contribution in [3.05, 3.63) is 299 Å². The molecule has 15 heterocycles. The molecule has 0 aliphatic carbocycles. The van der Waals surface area contributed by atoms with Gasteiger partial charge >= 0.3 is 0 Å². The van der Waals surface area contributed by atoms with Gasteiger partial charge in [-0.2, -0.15) is 0 Å². The normalized spacial score (nSPS) is 13.5. The van der Waals surface area contributed by atoms with E-state index in [2.05, 4.69) is 112 Å². The number of benzene rings is 5. The molecule has 0 bridgehead atoms. The van der Waals surface area contributed by atoms with Crippen LogP contribution in [0.2, 0.25) is 0 Å². The fourth-order valence-corrected chi connectivity index (χ4v) is 16.5. The third kappa shape index (κ3) is 16.9. The molecule has 15 aromatic heterocycles. The Morgan fingerprint density at radius 1 is 0.306 bits per heavy atom. The van der Waals surface area contributed by atoms with E-state index in [1.807, 2.05) is 280 Å². The first-order valence-electron chi connectivity index (χ1n) is 47.2. The van der Waals surface area contributed by atoms with Crippen LogP contribution in [-0.2, 0) is 67.1 Å². The first-order valence-corrected chi connectivity index (χ1v) is 42.2. The number of fused-ring (bicyclic) bond motifs is 15. The van der Waals surface area contributed by atoms with E-state index in [4.69, 9.17) is 35.8 Å². The molecule has 0 radical (unpaired) electrons. The van der Waals surface area contributed by atoms with Crippen LogP contribution < -0.4 is 22.8 Å². The molecule has 20 aromatic rings. The smallest absolute Gasteiger partial charge is 0.227 e. The zero-order chi connectivity index (χ0) is 96.2. The van der Waals surface area contributed by atoms with E-state index in [1.54, 1.807) is 32.4 Å². The molecule has 15 heteroatoms. The molecule has 624 valence electrons. The Labute approximate surface area is 740 Å². The lowest BCUT2D eigenvalue weighted by molar-refractivity contribution is -0.660. The third-order valence-electron chi connectivity index (χ3n) is 22.6. The number of aromatic nitrogens is 10. The summed E-state index contributed by atoms with van der Waals surface area (Å²) in [4.78, 5) is 22.1. The molecule has 15 nitrogen and oxygen atoms in total. The van der Waals surface area contributed by atoms with Crippen LogP contribution in [0.1, 0.15) is 143 Å². The van der Waals surface area contributed by atoms with Gasteiger partial charge in [-0.1, -0.05) is 123 Å². The fourth-order valence-electron chi connectivity index (χ4n) is 16.5. The van der Waals surface area contributed by atoms with E-state index in [9.17, 15) is 0 Å². The largest absolute Gasteiger partial charge is 0.437 e. The van der Waals surface area contributed by atoms with E-state index in [0.717, 1.165) is 177 Å². The molecular weight excluding hydrogens is 1530 g/mol. The molecule has 0 fully saturated rings. The van der Waals surface area contributed by atoms with Crippen molar-refractivity contribution in [3.8, 4) is 56.3 Å². The summed E-state index contributed by atoms with van der Waals surface area (Å²) in [5.41, 5.74) is 26.7. The fraction of sp³-hybridized carbons (Fsp3) is 0.266. The predicted molar refractivity (Wildman–Crippen MR) is 503 cm³/mol. The average Bonchev–Trinajstić information content (AvgIpc) is 1.61. The Bertz CT molecular complexity index is 8000. The van der Waals surface area contributed by atoms with Gasteiger partial charge in [-0.3, -0.25) is 0 Å². The lowest BCUT2D eigenvalue weighted by atomic mass is 9.88. The molecule has 0 aliphatic rings. The average molecular weight is 1650 g/mol. The quantitative estimate of drug-likeness (QED) is 0.108. The molecule has 20 rings (SSSR count). The van der Waals surface area contributed by atoms with Gasteiger partial charge in [0.1, 0.15) is 35.2 Å². The molecule has 0 saturated heterocycles. The minimum atomic E-state index is -1.47. The van der Waals surface area contributed by atoms with E-state index < -0.39 is 37.3 Å². The summed E-state index contributed by atoms with van der Waals surface area (Å²) in [7, 11) is 9.86. The predicted octanol–water partition coefficient (Wildman–Crippen LogP) is 24.6. The van der Waals surface area contributed by atoms with Crippen molar-refractivity contribution in [3.63, 3.8) is 0 Å². The van der Waals surface area contributed by atoms with E-state index in [-0.39, 0.29) is 11.8 Å². The van der Waals surface area contributed by atoms with Gasteiger partial charge in [0.25, 0.3) is 0 Å². The number of furan rings is 5. The second kappa shape index (κ2) is 34.8. The van der Waals surface area contributed by atoms with Crippen molar-refractivity contribution in [2.24, 2.45) is 52.5 Å². The van der Waals surface area contributed by atoms with Gasteiger partial charge in [0.05, 0.1) is 27.8 Å². The maximum absolute atomic E-state index is 8.68. The van der Waals surface area contributed by atoms with Crippen LogP contribution in [0.4, 0.5) is 0 Å². The molecule has 0 spiro atoms. The minimum absolute atomic E-state index is 0.120. The van der Waals surface area contributed by atoms with Gasteiger partial charge in [0.15, 0.2) is 58.9 Å². The van der Waals surface area contributed by atoms with Gasteiger partial charge < -0.3 is 22.1 Å². The highest BCUT2D eigenvalue weighted by atomic mass is 16.4. The summed E-state index contributed by atoms with van der Waals surface area (Å²) in [6.45, 7) is 30.7. The number of hydrogen-bond donors (Lipinski definition) is 0. The van der Waals surface area contributed by atoms with Crippen molar-refractivity contribution in [2.45, 2.75) is 143 Å². The van der Waals surface area contributed by atoms with Gasteiger partial charge in [-0.25, -0.2) is 47.8 Å². The van der Waals surface area contributed by atoms with Gasteiger partial charge in [0, 0.05) is 158 Å². The Balaban J connectivity index is 0.000000122. The van der Waals surface area contributed by atoms with Crippen LogP contribution in [-0.4, -0.2) is 24.9 Å². The summed E-state index contributed by atoms with van der Waals surface area (Å²) in [6.07, 6.45) is 7.67. The molecule has 0 N–H and O–H groups in total. The van der Waals surface area contributed by atoms with Crippen molar-refractivity contribution in [2.75, 3.05) is 0 Å².